The van der Waals surface area contributed by atoms with Crippen molar-refractivity contribution in [3.8, 4) is 5.75 Å². The Labute approximate surface area is 184 Å². The Hall–Kier alpha value is -4.38. The Morgan fingerprint density at radius 2 is 1.66 bits per heavy atom. The van der Waals surface area contributed by atoms with Crippen LogP contribution < -0.4 is 10.2 Å². The van der Waals surface area contributed by atoms with Crippen LogP contribution in [0.4, 0.5) is 0 Å². The summed E-state index contributed by atoms with van der Waals surface area (Å²) in [5.74, 6) is 0.482. The van der Waals surface area contributed by atoms with Crippen molar-refractivity contribution >= 4 is 33.9 Å². The van der Waals surface area contributed by atoms with Gasteiger partial charge in [-0.2, -0.15) is 5.10 Å². The molecular formula is C27H20N2O3. The molecule has 0 unspecified atom stereocenters. The molecule has 0 aliphatic carbocycles. The van der Waals surface area contributed by atoms with Crippen LogP contribution in [0.25, 0.3) is 21.7 Å². The quantitative estimate of drug-likeness (QED) is 0.274. The van der Waals surface area contributed by atoms with E-state index in [-0.39, 0.29) is 5.76 Å². The van der Waals surface area contributed by atoms with Crippen LogP contribution in [0.3, 0.4) is 0 Å². The molecule has 5 nitrogen and oxygen atoms in total. The number of hydrogen-bond acceptors (Lipinski definition) is 4. The first-order valence-electron chi connectivity index (χ1n) is 10.3. The fourth-order valence-electron chi connectivity index (χ4n) is 3.57. The molecule has 0 aliphatic rings. The van der Waals surface area contributed by atoms with Crippen LogP contribution in [0.2, 0.25) is 0 Å². The summed E-state index contributed by atoms with van der Waals surface area (Å²) in [4.78, 5) is 12.6. The lowest BCUT2D eigenvalue weighted by Crippen LogP contribution is -2.16. The third-order valence-electron chi connectivity index (χ3n) is 5.18. The van der Waals surface area contributed by atoms with Gasteiger partial charge in [0, 0.05) is 10.9 Å². The first kappa shape index (κ1) is 19.6. The van der Waals surface area contributed by atoms with Crippen LogP contribution in [-0.2, 0) is 6.61 Å². The van der Waals surface area contributed by atoms with Gasteiger partial charge in [0.2, 0.25) is 0 Å². The summed E-state index contributed by atoms with van der Waals surface area (Å²) in [5.41, 5.74) is 5.04. The molecule has 5 aromatic rings. The molecule has 0 spiro atoms. The topological polar surface area (TPSA) is 63.8 Å². The van der Waals surface area contributed by atoms with Crippen molar-refractivity contribution < 1.29 is 13.9 Å². The summed E-state index contributed by atoms with van der Waals surface area (Å²) in [6, 6.07) is 31.1. The van der Waals surface area contributed by atoms with E-state index >= 15 is 0 Å². The van der Waals surface area contributed by atoms with Crippen molar-refractivity contribution in [3.63, 3.8) is 0 Å². The summed E-state index contributed by atoms with van der Waals surface area (Å²) in [7, 11) is 0. The molecule has 0 radical (unpaired) electrons. The van der Waals surface area contributed by atoms with Gasteiger partial charge in [-0.15, -0.1) is 0 Å². The summed E-state index contributed by atoms with van der Waals surface area (Å²) in [6.45, 7) is 0.449. The fourth-order valence-corrected chi connectivity index (χ4v) is 3.57. The number of nitrogens with one attached hydrogen (secondary N) is 1. The predicted molar refractivity (Wildman–Crippen MR) is 126 cm³/mol. The van der Waals surface area contributed by atoms with Crippen LogP contribution in [0, 0.1) is 0 Å². The summed E-state index contributed by atoms with van der Waals surface area (Å²) in [6.07, 6.45) is 1.57. The molecule has 0 aliphatic heterocycles. The van der Waals surface area contributed by atoms with E-state index in [0.717, 1.165) is 27.3 Å². The SMILES string of the molecule is O=C(N/N=C\c1ccccc1OCc1ccccc1)c1cc2c(ccc3ccccc32)o1. The molecule has 0 bridgehead atoms. The minimum atomic E-state index is -0.413. The minimum Gasteiger partial charge on any atom is -0.488 e. The second-order valence-corrected chi connectivity index (χ2v) is 7.32. The van der Waals surface area contributed by atoms with Gasteiger partial charge in [0.25, 0.3) is 0 Å². The lowest BCUT2D eigenvalue weighted by molar-refractivity contribution is 0.0929. The molecule has 1 amide bonds. The maximum absolute atomic E-state index is 12.6. The van der Waals surface area contributed by atoms with Crippen LogP contribution in [0.15, 0.2) is 107 Å². The zero-order chi connectivity index (χ0) is 21.8. The van der Waals surface area contributed by atoms with Gasteiger partial charge in [0.15, 0.2) is 5.76 Å². The summed E-state index contributed by atoms with van der Waals surface area (Å²) < 4.78 is 11.7. The Balaban J connectivity index is 1.30. The number of carbonyl (C=O) groups excluding carboxylic acids is 1. The molecule has 1 N–H and O–H groups in total. The van der Waals surface area contributed by atoms with E-state index in [0.29, 0.717) is 17.9 Å². The van der Waals surface area contributed by atoms with Gasteiger partial charge in [-0.3, -0.25) is 4.79 Å². The van der Waals surface area contributed by atoms with Crippen LogP contribution >= 0.6 is 0 Å². The molecule has 0 fully saturated rings. The highest BCUT2D eigenvalue weighted by molar-refractivity contribution is 6.08. The number of hydrogen-bond donors (Lipinski definition) is 1. The standard InChI is InChI=1S/C27H20N2O3/c30-27(26-16-23-22-12-6-4-10-20(22)14-15-25(23)32-26)29-28-17-21-11-5-7-13-24(21)31-18-19-8-2-1-3-9-19/h1-17H,18H2,(H,29,30)/b28-17-. The van der Waals surface area contributed by atoms with E-state index in [2.05, 4.69) is 10.5 Å². The van der Waals surface area contributed by atoms with Crippen molar-refractivity contribution in [1.82, 2.24) is 5.43 Å². The number of para-hydroxylation sites is 1. The van der Waals surface area contributed by atoms with E-state index in [4.69, 9.17) is 9.15 Å². The lowest BCUT2D eigenvalue weighted by Gasteiger charge is -2.08. The van der Waals surface area contributed by atoms with Crippen molar-refractivity contribution in [1.29, 1.82) is 0 Å². The Bertz CT molecular complexity index is 1420. The largest absolute Gasteiger partial charge is 0.488 e. The number of nitrogens with zero attached hydrogens (tertiary/aromatic N) is 1. The summed E-state index contributed by atoms with van der Waals surface area (Å²) in [5, 5.41) is 7.14. The van der Waals surface area contributed by atoms with Gasteiger partial charge >= 0.3 is 5.91 Å². The van der Waals surface area contributed by atoms with Gasteiger partial charge in [0.1, 0.15) is 17.9 Å². The number of furan rings is 1. The molecule has 5 heteroatoms. The lowest BCUT2D eigenvalue weighted by atomic mass is 10.1. The second kappa shape index (κ2) is 8.78. The van der Waals surface area contributed by atoms with Gasteiger partial charge < -0.3 is 9.15 Å². The highest BCUT2D eigenvalue weighted by Gasteiger charge is 2.13. The molecular weight excluding hydrogens is 400 g/mol. The Kier molecular flexibility index (Phi) is 5.37. The fraction of sp³-hybridized carbons (Fsp3) is 0.0370. The van der Waals surface area contributed by atoms with Crippen LogP contribution in [-0.4, -0.2) is 12.1 Å². The number of benzene rings is 4. The van der Waals surface area contributed by atoms with Crippen molar-refractivity contribution in [3.05, 3.63) is 114 Å². The molecule has 4 aromatic carbocycles. The molecule has 1 heterocycles. The first-order chi connectivity index (χ1) is 15.8. The normalized spacial score (nSPS) is 11.2. The number of fused-ring (bicyclic) bond motifs is 3. The van der Waals surface area contributed by atoms with Crippen molar-refractivity contribution in [2.75, 3.05) is 0 Å². The third kappa shape index (κ3) is 4.09. The third-order valence-corrected chi connectivity index (χ3v) is 5.18. The summed E-state index contributed by atoms with van der Waals surface area (Å²) >= 11 is 0. The average Bonchev–Trinajstić information content (AvgIpc) is 3.29. The molecule has 0 saturated heterocycles. The van der Waals surface area contributed by atoms with Gasteiger partial charge in [-0.25, -0.2) is 5.43 Å². The van der Waals surface area contributed by atoms with Crippen LogP contribution in [0.5, 0.6) is 5.75 Å². The average molecular weight is 420 g/mol. The second-order valence-electron chi connectivity index (χ2n) is 7.32. The Morgan fingerprint density at radius 3 is 2.56 bits per heavy atom. The maximum atomic E-state index is 12.6. The highest BCUT2D eigenvalue weighted by atomic mass is 16.5. The number of carbonyl (C=O) groups is 1. The molecule has 0 atom stereocenters. The van der Waals surface area contributed by atoms with Gasteiger partial charge in [-0.1, -0.05) is 72.8 Å². The van der Waals surface area contributed by atoms with Crippen LogP contribution in [0.1, 0.15) is 21.7 Å². The number of hydrazone groups is 1. The first-order valence-corrected chi connectivity index (χ1v) is 10.3. The molecule has 1 aromatic heterocycles. The van der Waals surface area contributed by atoms with E-state index < -0.39 is 5.91 Å². The zero-order valence-corrected chi connectivity index (χ0v) is 17.2. The number of amides is 1. The highest BCUT2D eigenvalue weighted by Crippen LogP contribution is 2.28. The van der Waals surface area contributed by atoms with Crippen molar-refractivity contribution in [2.45, 2.75) is 6.61 Å². The molecule has 32 heavy (non-hydrogen) atoms. The van der Waals surface area contributed by atoms with E-state index in [9.17, 15) is 4.79 Å². The molecule has 156 valence electrons. The maximum Gasteiger partial charge on any atom is 0.307 e. The van der Waals surface area contributed by atoms with Crippen molar-refractivity contribution in [2.24, 2.45) is 5.10 Å². The molecule has 0 saturated carbocycles. The number of ether oxygens (including phenoxy) is 1. The number of rotatable bonds is 6. The predicted octanol–water partition coefficient (Wildman–Crippen LogP) is 5.93. The molecule has 5 rings (SSSR count). The van der Waals surface area contributed by atoms with Gasteiger partial charge in [0.05, 0.1) is 6.21 Å². The Morgan fingerprint density at radius 1 is 0.875 bits per heavy atom. The van der Waals surface area contributed by atoms with E-state index in [1.165, 1.54) is 0 Å². The smallest absolute Gasteiger partial charge is 0.307 e. The van der Waals surface area contributed by atoms with E-state index in [1.54, 1.807) is 12.3 Å². The minimum absolute atomic E-state index is 0.210. The van der Waals surface area contributed by atoms with E-state index in [1.807, 2.05) is 91.0 Å². The van der Waals surface area contributed by atoms with Gasteiger partial charge in [-0.05, 0) is 40.6 Å². The monoisotopic (exact) mass is 420 g/mol. The zero-order valence-electron chi connectivity index (χ0n) is 17.2.